The highest BCUT2D eigenvalue weighted by Gasteiger charge is 2.12. The van der Waals surface area contributed by atoms with Gasteiger partial charge in [0.1, 0.15) is 5.75 Å². The number of benzene rings is 4. The van der Waals surface area contributed by atoms with E-state index in [1.165, 1.54) is 0 Å². The van der Waals surface area contributed by atoms with Crippen molar-refractivity contribution in [2.75, 3.05) is 0 Å². The zero-order valence-electron chi connectivity index (χ0n) is 21.0. The van der Waals surface area contributed by atoms with Crippen molar-refractivity contribution in [1.82, 2.24) is 4.98 Å². The zero-order valence-corrected chi connectivity index (χ0v) is 21.8. The van der Waals surface area contributed by atoms with Crippen molar-refractivity contribution in [3.05, 3.63) is 112 Å². The van der Waals surface area contributed by atoms with Crippen molar-refractivity contribution in [2.24, 2.45) is 0 Å². The van der Waals surface area contributed by atoms with E-state index in [9.17, 15) is 9.90 Å². The van der Waals surface area contributed by atoms with Crippen LogP contribution in [0.2, 0.25) is 5.02 Å². The number of carboxylic acid groups (broad SMARTS) is 1. The Labute approximate surface area is 221 Å². The van der Waals surface area contributed by atoms with Crippen LogP contribution in [0.1, 0.15) is 41.0 Å². The SMILES string of the molecule is Cc1ccc(Cc2cc3cc(-c4ccc(-c5ccc(OC(C)C)cc5)cc4)c(Cl)cc3[nH]2)cc1C(=O)O. The minimum atomic E-state index is -0.907. The summed E-state index contributed by atoms with van der Waals surface area (Å²) in [5, 5.41) is 11.2. The van der Waals surface area contributed by atoms with Gasteiger partial charge in [-0.05, 0) is 85.0 Å². The molecule has 0 fully saturated rings. The summed E-state index contributed by atoms with van der Waals surface area (Å²) in [6.07, 6.45) is 0.758. The van der Waals surface area contributed by atoms with Crippen LogP contribution in [0.25, 0.3) is 33.2 Å². The van der Waals surface area contributed by atoms with Gasteiger partial charge in [0.2, 0.25) is 0 Å². The molecule has 0 aliphatic heterocycles. The van der Waals surface area contributed by atoms with Gasteiger partial charge in [0.15, 0.2) is 0 Å². The van der Waals surface area contributed by atoms with Gasteiger partial charge in [-0.2, -0.15) is 0 Å². The lowest BCUT2D eigenvalue weighted by molar-refractivity contribution is 0.0696. The van der Waals surface area contributed by atoms with Gasteiger partial charge >= 0.3 is 5.97 Å². The van der Waals surface area contributed by atoms with Crippen LogP contribution in [0.5, 0.6) is 5.75 Å². The molecule has 0 saturated heterocycles. The fraction of sp³-hybridized carbons (Fsp3) is 0.156. The highest BCUT2D eigenvalue weighted by atomic mass is 35.5. The molecule has 0 unspecified atom stereocenters. The summed E-state index contributed by atoms with van der Waals surface area (Å²) in [5.74, 6) is -0.0402. The van der Waals surface area contributed by atoms with Crippen molar-refractivity contribution >= 4 is 28.5 Å². The van der Waals surface area contributed by atoms with Crippen molar-refractivity contribution < 1.29 is 14.6 Å². The Kier molecular flexibility index (Phi) is 6.77. The summed E-state index contributed by atoms with van der Waals surface area (Å²) in [6.45, 7) is 5.85. The average molecular weight is 510 g/mol. The summed E-state index contributed by atoms with van der Waals surface area (Å²) in [6, 6.07) is 28.3. The van der Waals surface area contributed by atoms with E-state index >= 15 is 0 Å². The van der Waals surface area contributed by atoms with E-state index in [1.54, 1.807) is 6.07 Å². The molecule has 0 aliphatic rings. The Morgan fingerprint density at radius 1 is 0.892 bits per heavy atom. The van der Waals surface area contributed by atoms with Gasteiger partial charge in [0.05, 0.1) is 16.7 Å². The minimum absolute atomic E-state index is 0.149. The fourth-order valence-corrected chi connectivity index (χ4v) is 4.87. The third kappa shape index (κ3) is 5.40. The van der Waals surface area contributed by atoms with Crippen molar-refractivity contribution in [3.63, 3.8) is 0 Å². The van der Waals surface area contributed by atoms with Crippen LogP contribution >= 0.6 is 11.6 Å². The van der Waals surface area contributed by atoms with Crippen LogP contribution in [0.15, 0.2) is 84.9 Å². The summed E-state index contributed by atoms with van der Waals surface area (Å²) in [4.78, 5) is 14.9. The summed E-state index contributed by atoms with van der Waals surface area (Å²) < 4.78 is 5.74. The van der Waals surface area contributed by atoms with E-state index in [4.69, 9.17) is 16.3 Å². The number of aromatic amines is 1. The molecule has 0 aliphatic carbocycles. The molecule has 0 atom stereocenters. The molecule has 0 saturated carbocycles. The molecule has 1 aromatic heterocycles. The molecule has 37 heavy (non-hydrogen) atoms. The van der Waals surface area contributed by atoms with Gasteiger partial charge in [0, 0.05) is 28.6 Å². The Bertz CT molecular complexity index is 1580. The average Bonchev–Trinajstić information content (AvgIpc) is 3.25. The van der Waals surface area contributed by atoms with Crippen LogP contribution in [-0.2, 0) is 6.42 Å². The normalized spacial score (nSPS) is 11.3. The molecule has 1 heterocycles. The van der Waals surface area contributed by atoms with Crippen molar-refractivity contribution in [3.8, 4) is 28.0 Å². The number of carboxylic acids is 1. The number of hydrogen-bond acceptors (Lipinski definition) is 2. The summed E-state index contributed by atoms with van der Waals surface area (Å²) in [7, 11) is 0. The monoisotopic (exact) mass is 509 g/mol. The van der Waals surface area contributed by atoms with E-state index in [2.05, 4.69) is 53.5 Å². The molecule has 0 amide bonds. The van der Waals surface area contributed by atoms with Gasteiger partial charge in [-0.1, -0.05) is 60.1 Å². The van der Waals surface area contributed by atoms with Gasteiger partial charge in [0.25, 0.3) is 0 Å². The Morgan fingerprint density at radius 2 is 1.54 bits per heavy atom. The molecule has 4 nitrogen and oxygen atoms in total. The number of hydrogen-bond donors (Lipinski definition) is 2. The van der Waals surface area contributed by atoms with Gasteiger partial charge in [-0.15, -0.1) is 0 Å². The third-order valence-electron chi connectivity index (χ3n) is 6.45. The lowest BCUT2D eigenvalue weighted by atomic mass is 9.99. The molecule has 5 aromatic rings. The molecule has 2 N–H and O–H groups in total. The first-order chi connectivity index (χ1) is 17.8. The van der Waals surface area contributed by atoms with Crippen LogP contribution in [0, 0.1) is 6.92 Å². The number of nitrogens with one attached hydrogen (secondary N) is 1. The second-order valence-electron chi connectivity index (χ2n) is 9.61. The number of aromatic nitrogens is 1. The number of halogens is 1. The third-order valence-corrected chi connectivity index (χ3v) is 6.76. The number of ether oxygens (including phenoxy) is 1. The van der Waals surface area contributed by atoms with E-state index < -0.39 is 5.97 Å². The number of aromatic carboxylic acids is 1. The maximum Gasteiger partial charge on any atom is 0.335 e. The van der Waals surface area contributed by atoms with E-state index in [0.717, 1.165) is 55.7 Å². The second kappa shape index (κ2) is 10.2. The van der Waals surface area contributed by atoms with Crippen molar-refractivity contribution in [1.29, 1.82) is 0 Å². The van der Waals surface area contributed by atoms with E-state index in [-0.39, 0.29) is 6.10 Å². The number of fused-ring (bicyclic) bond motifs is 1. The first kappa shape index (κ1) is 24.7. The lowest BCUT2D eigenvalue weighted by Crippen LogP contribution is -2.05. The minimum Gasteiger partial charge on any atom is -0.491 e. The molecule has 0 bridgehead atoms. The van der Waals surface area contributed by atoms with Gasteiger partial charge in [-0.3, -0.25) is 0 Å². The Balaban J connectivity index is 1.39. The van der Waals surface area contributed by atoms with E-state index in [0.29, 0.717) is 17.0 Å². The first-order valence-corrected chi connectivity index (χ1v) is 12.7. The van der Waals surface area contributed by atoms with Crippen LogP contribution in [-0.4, -0.2) is 22.2 Å². The van der Waals surface area contributed by atoms with Gasteiger partial charge in [-0.25, -0.2) is 4.79 Å². The summed E-state index contributed by atoms with van der Waals surface area (Å²) >= 11 is 6.70. The number of aryl methyl sites for hydroxylation is 1. The highest BCUT2D eigenvalue weighted by molar-refractivity contribution is 6.34. The Morgan fingerprint density at radius 3 is 2.19 bits per heavy atom. The molecule has 5 rings (SSSR count). The maximum atomic E-state index is 11.5. The summed E-state index contributed by atoms with van der Waals surface area (Å²) in [5.41, 5.74) is 8.26. The van der Waals surface area contributed by atoms with Crippen LogP contribution in [0.4, 0.5) is 0 Å². The van der Waals surface area contributed by atoms with Crippen LogP contribution < -0.4 is 4.74 Å². The quantitative estimate of drug-likeness (QED) is 0.231. The standard InChI is InChI=1S/C32H28ClNO3/c1-19(2)37-27-12-10-23(11-13-27)22-6-8-24(9-7-22)29-17-25-16-26(34-31(25)18-30(29)33)14-21-5-4-20(3)28(15-21)32(35)36/h4-13,15-19,34H,14H2,1-3H3,(H,35,36). The molecular weight excluding hydrogens is 482 g/mol. The smallest absolute Gasteiger partial charge is 0.335 e. The molecular formula is C32H28ClNO3. The largest absolute Gasteiger partial charge is 0.491 e. The second-order valence-corrected chi connectivity index (χ2v) is 10.0. The topological polar surface area (TPSA) is 62.3 Å². The first-order valence-electron chi connectivity index (χ1n) is 12.3. The molecule has 4 aromatic carbocycles. The fourth-order valence-electron chi connectivity index (χ4n) is 4.60. The number of H-pyrrole nitrogens is 1. The van der Waals surface area contributed by atoms with Crippen molar-refractivity contribution in [2.45, 2.75) is 33.3 Å². The predicted octanol–water partition coefficient (Wildman–Crippen LogP) is 8.54. The van der Waals surface area contributed by atoms with E-state index in [1.807, 2.05) is 51.1 Å². The van der Waals surface area contributed by atoms with Gasteiger partial charge < -0.3 is 14.8 Å². The van der Waals surface area contributed by atoms with Crippen LogP contribution in [0.3, 0.4) is 0 Å². The molecule has 0 spiro atoms. The lowest BCUT2D eigenvalue weighted by Gasteiger charge is -2.11. The predicted molar refractivity (Wildman–Crippen MR) is 151 cm³/mol. The molecule has 5 heteroatoms. The molecule has 0 radical (unpaired) electrons. The highest BCUT2D eigenvalue weighted by Crippen LogP contribution is 2.34. The zero-order chi connectivity index (χ0) is 26.1. The molecule has 186 valence electrons. The maximum absolute atomic E-state index is 11.5. The number of carbonyl (C=O) groups is 1. The Hall–Kier alpha value is -4.02. The number of rotatable bonds is 7.